The van der Waals surface area contributed by atoms with Crippen LogP contribution >= 0.6 is 0 Å². The molecule has 0 heterocycles. The van der Waals surface area contributed by atoms with Crippen LogP contribution in [0.5, 0.6) is 0 Å². The molecule has 0 saturated heterocycles. The van der Waals surface area contributed by atoms with Crippen LogP contribution in [0.2, 0.25) is 0 Å². The van der Waals surface area contributed by atoms with E-state index in [9.17, 15) is 0 Å². The van der Waals surface area contributed by atoms with Crippen molar-refractivity contribution in [1.82, 2.24) is 0 Å². The first kappa shape index (κ1) is 17.1. The molecule has 0 saturated carbocycles. The Morgan fingerprint density at radius 2 is 1.10 bits per heavy atom. The van der Waals surface area contributed by atoms with Crippen LogP contribution in [0, 0.1) is 13.8 Å². The third-order valence-corrected chi connectivity index (χ3v) is 3.17. The molecule has 1 rings (SSSR count). The van der Waals surface area contributed by atoms with Gasteiger partial charge in [-0.15, -0.1) is 0 Å². The quantitative estimate of drug-likeness (QED) is 0.618. The topological polar surface area (TPSA) is 36.9 Å². The van der Waals surface area contributed by atoms with E-state index < -0.39 is 0 Å². The predicted molar refractivity (Wildman–Crippen MR) is 79.0 cm³/mol. The summed E-state index contributed by atoms with van der Waals surface area (Å²) in [6.45, 7) is 7.96. The second kappa shape index (κ2) is 9.88. The first-order valence-electron chi connectivity index (χ1n) is 6.91. The lowest BCUT2D eigenvalue weighted by Crippen LogP contribution is -2.06. The van der Waals surface area contributed by atoms with E-state index in [-0.39, 0.29) is 0 Å². The van der Waals surface area contributed by atoms with Crippen LogP contribution in [0.3, 0.4) is 0 Å². The highest BCUT2D eigenvalue weighted by Crippen LogP contribution is 2.18. The van der Waals surface area contributed by atoms with Gasteiger partial charge in [-0.1, -0.05) is 12.1 Å². The van der Waals surface area contributed by atoms with Gasteiger partial charge in [0.15, 0.2) is 0 Å². The summed E-state index contributed by atoms with van der Waals surface area (Å²) in [5.74, 6) is 0. The highest BCUT2D eigenvalue weighted by molar-refractivity contribution is 5.36. The van der Waals surface area contributed by atoms with Crippen LogP contribution < -0.4 is 0 Å². The second-order valence-corrected chi connectivity index (χ2v) is 4.80. The van der Waals surface area contributed by atoms with Gasteiger partial charge in [-0.05, 0) is 36.1 Å². The van der Waals surface area contributed by atoms with Gasteiger partial charge in [0, 0.05) is 14.2 Å². The maximum absolute atomic E-state index is 5.58. The molecule has 0 aromatic heterocycles. The van der Waals surface area contributed by atoms with Crippen LogP contribution in [0.25, 0.3) is 0 Å². The average Bonchev–Trinajstić information content (AvgIpc) is 2.44. The van der Waals surface area contributed by atoms with E-state index in [1.54, 1.807) is 14.2 Å². The summed E-state index contributed by atoms with van der Waals surface area (Å²) >= 11 is 0. The first-order chi connectivity index (χ1) is 9.69. The Bertz CT molecular complexity index is 353. The SMILES string of the molecule is COCCOCc1cc(C)c(COCCOC)cc1C. The molecule has 0 aliphatic heterocycles. The van der Waals surface area contributed by atoms with Crippen molar-refractivity contribution in [1.29, 1.82) is 0 Å². The molecular weight excluding hydrogens is 256 g/mol. The van der Waals surface area contributed by atoms with Crippen molar-refractivity contribution in [2.75, 3.05) is 40.6 Å². The van der Waals surface area contributed by atoms with Crippen molar-refractivity contribution >= 4 is 0 Å². The number of benzene rings is 1. The Morgan fingerprint density at radius 1 is 0.700 bits per heavy atom. The molecule has 4 nitrogen and oxygen atoms in total. The molecule has 1 aromatic carbocycles. The van der Waals surface area contributed by atoms with Crippen molar-refractivity contribution in [2.45, 2.75) is 27.1 Å². The van der Waals surface area contributed by atoms with Crippen LogP contribution in [0.1, 0.15) is 22.3 Å². The van der Waals surface area contributed by atoms with Gasteiger partial charge in [0.1, 0.15) is 0 Å². The molecule has 0 aliphatic carbocycles. The van der Waals surface area contributed by atoms with E-state index in [1.165, 1.54) is 22.3 Å². The zero-order valence-corrected chi connectivity index (χ0v) is 13.0. The lowest BCUT2D eigenvalue weighted by molar-refractivity contribution is 0.0602. The summed E-state index contributed by atoms with van der Waals surface area (Å²) in [7, 11) is 3.36. The summed E-state index contributed by atoms with van der Waals surface area (Å²) in [5, 5.41) is 0. The van der Waals surface area contributed by atoms with E-state index in [0.717, 1.165) is 0 Å². The van der Waals surface area contributed by atoms with Crippen LogP contribution in [-0.2, 0) is 32.2 Å². The minimum absolute atomic E-state index is 0.622. The van der Waals surface area contributed by atoms with Crippen LogP contribution in [0.4, 0.5) is 0 Å². The standard InChI is InChI=1S/C16H26O4/c1-13-9-16(12-20-8-6-18-4)14(2)10-15(13)11-19-7-5-17-3/h9-10H,5-8,11-12H2,1-4H3. The highest BCUT2D eigenvalue weighted by Gasteiger charge is 2.05. The summed E-state index contributed by atoms with van der Waals surface area (Å²) in [6.07, 6.45) is 0. The van der Waals surface area contributed by atoms with Crippen molar-refractivity contribution in [3.63, 3.8) is 0 Å². The van der Waals surface area contributed by atoms with Crippen molar-refractivity contribution in [3.05, 3.63) is 34.4 Å². The maximum atomic E-state index is 5.58. The highest BCUT2D eigenvalue weighted by atomic mass is 16.5. The molecule has 0 atom stereocenters. The molecule has 0 bridgehead atoms. The molecule has 0 spiro atoms. The van der Waals surface area contributed by atoms with Gasteiger partial charge in [-0.3, -0.25) is 0 Å². The third kappa shape index (κ3) is 6.01. The normalized spacial score (nSPS) is 11.0. The molecule has 0 aliphatic rings. The zero-order valence-electron chi connectivity index (χ0n) is 13.0. The number of aryl methyl sites for hydroxylation is 2. The molecule has 1 aromatic rings. The smallest absolute Gasteiger partial charge is 0.0720 e. The van der Waals surface area contributed by atoms with Crippen molar-refractivity contribution in [2.24, 2.45) is 0 Å². The van der Waals surface area contributed by atoms with Crippen LogP contribution in [0.15, 0.2) is 12.1 Å². The lowest BCUT2D eigenvalue weighted by Gasteiger charge is -2.13. The van der Waals surface area contributed by atoms with E-state index in [0.29, 0.717) is 39.6 Å². The van der Waals surface area contributed by atoms with Crippen LogP contribution in [-0.4, -0.2) is 40.6 Å². The van der Waals surface area contributed by atoms with Gasteiger partial charge in [-0.2, -0.15) is 0 Å². The molecule has 0 N–H and O–H groups in total. The Morgan fingerprint density at radius 3 is 1.45 bits per heavy atom. The van der Waals surface area contributed by atoms with Crippen molar-refractivity contribution < 1.29 is 18.9 Å². The van der Waals surface area contributed by atoms with Gasteiger partial charge in [-0.25, -0.2) is 0 Å². The van der Waals surface area contributed by atoms with Gasteiger partial charge in [0.2, 0.25) is 0 Å². The number of hydrogen-bond donors (Lipinski definition) is 0. The Balaban J connectivity index is 2.52. The van der Waals surface area contributed by atoms with E-state index in [2.05, 4.69) is 26.0 Å². The first-order valence-corrected chi connectivity index (χ1v) is 6.91. The summed E-state index contributed by atoms with van der Waals surface area (Å²) < 4.78 is 21.1. The van der Waals surface area contributed by atoms with Crippen molar-refractivity contribution in [3.8, 4) is 0 Å². The predicted octanol–water partition coefficient (Wildman–Crippen LogP) is 2.63. The van der Waals surface area contributed by atoms with Gasteiger partial charge >= 0.3 is 0 Å². The molecular formula is C16H26O4. The Labute approximate surface area is 122 Å². The fraction of sp³-hybridized carbons (Fsp3) is 0.625. The summed E-state index contributed by atoms with van der Waals surface area (Å²) in [6, 6.07) is 4.36. The minimum Gasteiger partial charge on any atom is -0.382 e. The Hall–Kier alpha value is -0.940. The largest absolute Gasteiger partial charge is 0.382 e. The third-order valence-electron chi connectivity index (χ3n) is 3.17. The van der Waals surface area contributed by atoms with E-state index in [4.69, 9.17) is 18.9 Å². The van der Waals surface area contributed by atoms with Gasteiger partial charge in [0.05, 0.1) is 39.6 Å². The fourth-order valence-electron chi connectivity index (χ4n) is 1.90. The monoisotopic (exact) mass is 282 g/mol. The summed E-state index contributed by atoms with van der Waals surface area (Å²) in [4.78, 5) is 0. The average molecular weight is 282 g/mol. The molecule has 0 amide bonds. The lowest BCUT2D eigenvalue weighted by atomic mass is 10.0. The fourth-order valence-corrected chi connectivity index (χ4v) is 1.90. The Kier molecular flexibility index (Phi) is 8.46. The van der Waals surface area contributed by atoms with Gasteiger partial charge < -0.3 is 18.9 Å². The van der Waals surface area contributed by atoms with E-state index in [1.807, 2.05) is 0 Å². The molecule has 20 heavy (non-hydrogen) atoms. The zero-order chi connectivity index (χ0) is 14.8. The minimum atomic E-state index is 0.622. The molecule has 114 valence electrons. The summed E-state index contributed by atoms with van der Waals surface area (Å²) in [5.41, 5.74) is 4.91. The molecule has 4 heteroatoms. The molecule has 0 unspecified atom stereocenters. The number of methoxy groups -OCH3 is 2. The number of ether oxygens (including phenoxy) is 4. The molecule has 0 fully saturated rings. The maximum Gasteiger partial charge on any atom is 0.0720 e. The number of rotatable bonds is 10. The van der Waals surface area contributed by atoms with E-state index >= 15 is 0 Å². The molecule has 0 radical (unpaired) electrons. The number of hydrogen-bond acceptors (Lipinski definition) is 4. The van der Waals surface area contributed by atoms with Gasteiger partial charge in [0.25, 0.3) is 0 Å². The second-order valence-electron chi connectivity index (χ2n) is 4.80.